The lowest BCUT2D eigenvalue weighted by Crippen LogP contribution is -2.12. The first-order chi connectivity index (χ1) is 35.7. The van der Waals surface area contributed by atoms with Crippen molar-refractivity contribution in [2.75, 3.05) is 0 Å². The maximum Gasteiger partial charge on any atom is 0.176 e. The Labute approximate surface area is 422 Å². The van der Waals surface area contributed by atoms with Gasteiger partial charge in [-0.15, -0.1) is 0 Å². The summed E-state index contributed by atoms with van der Waals surface area (Å²) in [5, 5.41) is 0. The summed E-state index contributed by atoms with van der Waals surface area (Å²) < 4.78 is 373. The first kappa shape index (κ1) is 57.9. The summed E-state index contributed by atoms with van der Waals surface area (Å²) in [6.45, 7) is 6.07. The van der Waals surface area contributed by atoms with Crippen molar-refractivity contribution in [2.45, 2.75) is 75.5 Å². The SMILES string of the molecule is CC(C)c1c(F)c(F)c(-c2c(F)c(F)c(Cc3cc(Sc4c(F)c(F)c(-c5c(F)c(F)c(C(C)C)c(F)c5F)c(F)c4F)cc(-c4c(F)c(F)c(-c5c(F)c(F)c(C(C)C)c(F)c5F)c(F)c4F)c3)c(F)c2F)c(F)c1F. The van der Waals surface area contributed by atoms with Crippen molar-refractivity contribution < 1.29 is 105 Å². The number of hydrogen-bond donors (Lipinski definition) is 0. The van der Waals surface area contributed by atoms with E-state index in [0.29, 0.717) is 6.07 Å². The molecule has 0 unspecified atom stereocenters. The quantitative estimate of drug-likeness (QED) is 0.0919. The van der Waals surface area contributed by atoms with Crippen molar-refractivity contribution in [3.63, 3.8) is 0 Å². The topological polar surface area (TPSA) is 0 Å². The summed E-state index contributed by atoms with van der Waals surface area (Å²) in [7, 11) is 0. The van der Waals surface area contributed by atoms with Crippen LogP contribution in [0.15, 0.2) is 28.0 Å². The van der Waals surface area contributed by atoms with E-state index < -0.39 is 258 Å². The molecule has 0 atom stereocenters. The lowest BCUT2D eigenvalue weighted by Gasteiger charge is -2.19. The lowest BCUT2D eigenvalue weighted by molar-refractivity contribution is 0.418. The zero-order chi connectivity index (χ0) is 57.8. The van der Waals surface area contributed by atoms with Gasteiger partial charge >= 0.3 is 0 Å². The first-order valence-corrected chi connectivity index (χ1v) is 22.5. The third-order valence-corrected chi connectivity index (χ3v) is 13.1. The average Bonchev–Trinajstić information content (AvgIpc) is 3.41. The van der Waals surface area contributed by atoms with Crippen LogP contribution in [0.4, 0.5) is 105 Å². The smallest absolute Gasteiger partial charge is 0.176 e. The first-order valence-electron chi connectivity index (χ1n) is 21.7. The molecular formula is C52H26F24S. The predicted molar refractivity (Wildman–Crippen MR) is 229 cm³/mol. The van der Waals surface area contributed by atoms with Gasteiger partial charge in [0.2, 0.25) is 0 Å². The molecular weight excluding hydrogens is 1110 g/mol. The molecule has 0 aliphatic carbocycles. The number of benzene rings is 7. The molecule has 0 saturated carbocycles. The molecule has 0 nitrogen and oxygen atoms in total. The molecule has 408 valence electrons. The van der Waals surface area contributed by atoms with Crippen molar-refractivity contribution in [3.8, 4) is 44.5 Å². The minimum Gasteiger partial charge on any atom is -0.203 e. The van der Waals surface area contributed by atoms with Gasteiger partial charge in [-0.25, -0.2) is 105 Å². The van der Waals surface area contributed by atoms with Gasteiger partial charge in [-0.1, -0.05) is 59.4 Å². The molecule has 77 heavy (non-hydrogen) atoms. The molecule has 0 N–H and O–H groups in total. The van der Waals surface area contributed by atoms with E-state index in [1.807, 2.05) is 0 Å². The van der Waals surface area contributed by atoms with Gasteiger partial charge in [-0.2, -0.15) is 0 Å². The van der Waals surface area contributed by atoms with Crippen LogP contribution < -0.4 is 0 Å². The second kappa shape index (κ2) is 20.9. The van der Waals surface area contributed by atoms with Gasteiger partial charge in [-0.05, 0) is 41.0 Å². The maximum absolute atomic E-state index is 16.2. The number of hydrogen-bond acceptors (Lipinski definition) is 1. The third kappa shape index (κ3) is 9.11. The third-order valence-electron chi connectivity index (χ3n) is 12.1. The second-order valence-corrected chi connectivity index (χ2v) is 18.9. The van der Waals surface area contributed by atoms with E-state index in [0.717, 1.165) is 41.5 Å². The molecule has 0 saturated heterocycles. The lowest BCUT2D eigenvalue weighted by atomic mass is 9.91. The fourth-order valence-corrected chi connectivity index (χ4v) is 9.48. The predicted octanol–water partition coefficient (Wildman–Crippen LogP) is 18.8. The van der Waals surface area contributed by atoms with Crippen molar-refractivity contribution in [1.29, 1.82) is 0 Å². The number of halogens is 24. The van der Waals surface area contributed by atoms with Crippen LogP contribution in [0, 0.1) is 140 Å². The van der Waals surface area contributed by atoms with Crippen molar-refractivity contribution in [3.05, 3.63) is 186 Å². The summed E-state index contributed by atoms with van der Waals surface area (Å²) >= 11 is -0.689. The van der Waals surface area contributed by atoms with Gasteiger partial charge in [0.1, 0.15) is 0 Å². The van der Waals surface area contributed by atoms with E-state index in [1.54, 1.807) is 0 Å². The van der Waals surface area contributed by atoms with Gasteiger partial charge < -0.3 is 0 Å². The molecule has 7 aromatic rings. The van der Waals surface area contributed by atoms with E-state index in [4.69, 9.17) is 0 Å². The van der Waals surface area contributed by atoms with Crippen LogP contribution in [0.1, 0.15) is 87.1 Å². The Morgan fingerprint density at radius 2 is 0.506 bits per heavy atom. The summed E-state index contributed by atoms with van der Waals surface area (Å²) in [6, 6.07) is 0.675. The van der Waals surface area contributed by atoms with Crippen LogP contribution in [0.2, 0.25) is 0 Å². The summed E-state index contributed by atoms with van der Waals surface area (Å²) in [5.41, 5.74) is -24.9. The molecule has 0 spiro atoms. The molecule has 0 amide bonds. The highest BCUT2D eigenvalue weighted by Crippen LogP contribution is 2.47. The molecule has 0 bridgehead atoms. The average molecular weight is 1140 g/mol. The molecule has 25 heteroatoms. The van der Waals surface area contributed by atoms with Crippen molar-refractivity contribution in [2.24, 2.45) is 0 Å². The molecule has 7 aromatic carbocycles. The van der Waals surface area contributed by atoms with E-state index in [2.05, 4.69) is 0 Å². The molecule has 0 aliphatic heterocycles. The summed E-state index contributed by atoms with van der Waals surface area (Å²) in [4.78, 5) is -3.21. The van der Waals surface area contributed by atoms with Crippen LogP contribution in [0.25, 0.3) is 44.5 Å². The zero-order valence-corrected chi connectivity index (χ0v) is 40.0. The van der Waals surface area contributed by atoms with Crippen molar-refractivity contribution >= 4 is 11.8 Å². The van der Waals surface area contributed by atoms with E-state index >= 15 is 79.0 Å². The Hall–Kier alpha value is -6.79. The highest BCUT2D eigenvalue weighted by atomic mass is 32.2. The standard InChI is InChI=1S/C52H26F24S/c1-11(2)18-30(55)40(65)23(41(66)31(18)56)22-38(63)28(53)17(29(54)39(22)64)9-14-7-15(21-36(61)46(71)25(47(72)37(21)62)24-42(67)32(57)19(12(3)4)33(58)43(24)68)10-16(8-14)77-52-50(75)48(73)27(49(74)51(52)76)26-44(69)34(59)20(13(5)6)35(60)45(26)70/h7-8,10-13H,9H2,1-6H3. The van der Waals surface area contributed by atoms with Gasteiger partial charge in [0.15, 0.2) is 140 Å². The molecule has 0 aliphatic rings. The minimum atomic E-state index is -2.87. The van der Waals surface area contributed by atoms with Gasteiger partial charge in [-0.3, -0.25) is 0 Å². The van der Waals surface area contributed by atoms with E-state index in [9.17, 15) is 26.3 Å². The van der Waals surface area contributed by atoms with Gasteiger partial charge in [0, 0.05) is 33.6 Å². The largest absolute Gasteiger partial charge is 0.203 e. The normalized spacial score (nSPS) is 12.0. The Balaban J connectivity index is 1.49. The van der Waals surface area contributed by atoms with Crippen LogP contribution >= 0.6 is 11.8 Å². The molecule has 0 aromatic heterocycles. The molecule has 0 radical (unpaired) electrons. The fraction of sp³-hybridized carbons (Fsp3) is 0.192. The summed E-state index contributed by atoms with van der Waals surface area (Å²) in [6.07, 6.45) is -1.80. The monoisotopic (exact) mass is 1140 g/mol. The van der Waals surface area contributed by atoms with E-state index in [-0.39, 0.29) is 12.1 Å². The van der Waals surface area contributed by atoms with Gasteiger partial charge in [0.05, 0.1) is 43.8 Å². The zero-order valence-electron chi connectivity index (χ0n) is 39.2. The molecule has 0 fully saturated rings. The van der Waals surface area contributed by atoms with Crippen LogP contribution in [-0.4, -0.2) is 0 Å². The van der Waals surface area contributed by atoms with Crippen LogP contribution in [-0.2, 0) is 6.42 Å². The Kier molecular flexibility index (Phi) is 15.7. The van der Waals surface area contributed by atoms with E-state index in [1.165, 1.54) is 0 Å². The molecule has 0 heterocycles. The van der Waals surface area contributed by atoms with Crippen molar-refractivity contribution in [1.82, 2.24) is 0 Å². The fourth-order valence-electron chi connectivity index (χ4n) is 8.49. The van der Waals surface area contributed by atoms with Gasteiger partial charge in [0.25, 0.3) is 0 Å². The van der Waals surface area contributed by atoms with Crippen LogP contribution in [0.3, 0.4) is 0 Å². The highest BCUT2D eigenvalue weighted by Gasteiger charge is 2.39. The highest BCUT2D eigenvalue weighted by molar-refractivity contribution is 7.99. The molecule has 7 rings (SSSR count). The van der Waals surface area contributed by atoms with Crippen LogP contribution in [0.5, 0.6) is 0 Å². The maximum atomic E-state index is 16.2. The number of rotatable bonds is 11. The Bertz CT molecular complexity index is 3340. The Morgan fingerprint density at radius 1 is 0.273 bits per heavy atom. The second-order valence-electron chi connectivity index (χ2n) is 17.8. The summed E-state index contributed by atoms with van der Waals surface area (Å²) in [5.74, 6) is -66.5. The minimum absolute atomic E-state index is 0.163. The Morgan fingerprint density at radius 3 is 0.779 bits per heavy atom.